The van der Waals surface area contributed by atoms with Crippen molar-refractivity contribution in [3.8, 4) is 0 Å². The number of hydrogen-bond acceptors (Lipinski definition) is 3. The summed E-state index contributed by atoms with van der Waals surface area (Å²) >= 11 is 0. The maximum atomic E-state index is 8.30. The second kappa shape index (κ2) is 5.03. The van der Waals surface area contributed by atoms with E-state index in [0.29, 0.717) is 6.54 Å². The molecule has 0 fully saturated rings. The lowest BCUT2D eigenvalue weighted by Gasteiger charge is -2.08. The van der Waals surface area contributed by atoms with Crippen molar-refractivity contribution in [2.24, 2.45) is 0 Å². The van der Waals surface area contributed by atoms with Crippen molar-refractivity contribution in [2.75, 3.05) is 33.9 Å². The second-order valence-corrected chi connectivity index (χ2v) is 1.96. The Bertz CT molecular complexity index is 47.7. The van der Waals surface area contributed by atoms with Crippen molar-refractivity contribution < 1.29 is 5.11 Å². The lowest BCUT2D eigenvalue weighted by Crippen LogP contribution is -2.29. The minimum absolute atomic E-state index is 0.216. The van der Waals surface area contributed by atoms with Crippen LogP contribution in [0.3, 0.4) is 0 Å². The standard InChI is InChI=1S/C5H14N2O/c1-7(2)5-6-3-4-8/h6,8H,3-5H2,1-2H3. The van der Waals surface area contributed by atoms with Crippen LogP contribution in [-0.4, -0.2) is 43.9 Å². The van der Waals surface area contributed by atoms with E-state index < -0.39 is 0 Å². The number of rotatable bonds is 4. The van der Waals surface area contributed by atoms with Gasteiger partial charge in [-0.3, -0.25) is 4.90 Å². The molecule has 0 atom stereocenters. The lowest BCUT2D eigenvalue weighted by molar-refractivity contribution is 0.275. The molecule has 2 N–H and O–H groups in total. The smallest absolute Gasteiger partial charge is 0.0556 e. The van der Waals surface area contributed by atoms with E-state index in [1.54, 1.807) is 0 Å². The van der Waals surface area contributed by atoms with Crippen LogP contribution in [0.4, 0.5) is 0 Å². The number of hydrogen-bond donors (Lipinski definition) is 2. The van der Waals surface area contributed by atoms with E-state index >= 15 is 0 Å². The normalized spacial score (nSPS) is 10.5. The first-order valence-electron chi connectivity index (χ1n) is 2.73. The molecule has 0 aromatic carbocycles. The number of aliphatic hydroxyl groups is 1. The Labute approximate surface area is 50.3 Å². The molecule has 0 unspecified atom stereocenters. The van der Waals surface area contributed by atoms with Crippen LogP contribution in [0.1, 0.15) is 0 Å². The van der Waals surface area contributed by atoms with Gasteiger partial charge in [-0.25, -0.2) is 0 Å². The number of nitrogens with zero attached hydrogens (tertiary/aromatic N) is 1. The maximum absolute atomic E-state index is 8.30. The first kappa shape index (κ1) is 7.88. The zero-order valence-electron chi connectivity index (χ0n) is 5.52. The first-order chi connectivity index (χ1) is 3.77. The van der Waals surface area contributed by atoms with Crippen molar-refractivity contribution in [3.05, 3.63) is 0 Å². The minimum atomic E-state index is 0.216. The van der Waals surface area contributed by atoms with Crippen LogP contribution >= 0.6 is 0 Å². The van der Waals surface area contributed by atoms with E-state index in [4.69, 9.17) is 5.11 Å². The molecule has 0 rings (SSSR count). The van der Waals surface area contributed by atoms with Crippen molar-refractivity contribution >= 4 is 0 Å². The maximum Gasteiger partial charge on any atom is 0.0556 e. The third-order valence-corrected chi connectivity index (χ3v) is 0.717. The molecule has 0 radical (unpaired) electrons. The fraction of sp³-hybridized carbons (Fsp3) is 1.00. The molecular formula is C5H14N2O. The van der Waals surface area contributed by atoms with E-state index in [1.165, 1.54) is 0 Å². The molecule has 0 spiro atoms. The van der Waals surface area contributed by atoms with Crippen molar-refractivity contribution in [2.45, 2.75) is 0 Å². The molecule has 0 amide bonds. The van der Waals surface area contributed by atoms with E-state index in [9.17, 15) is 0 Å². The summed E-state index contributed by atoms with van der Waals surface area (Å²) in [7, 11) is 3.95. The number of aliphatic hydroxyl groups excluding tert-OH is 1. The van der Waals surface area contributed by atoms with Crippen LogP contribution in [0.15, 0.2) is 0 Å². The molecule has 0 bridgehead atoms. The second-order valence-electron chi connectivity index (χ2n) is 1.96. The summed E-state index contributed by atoms with van der Waals surface area (Å²) < 4.78 is 0. The lowest BCUT2D eigenvalue weighted by atomic mass is 10.7. The molecule has 0 saturated heterocycles. The van der Waals surface area contributed by atoms with Gasteiger partial charge in [-0.15, -0.1) is 0 Å². The summed E-state index contributed by atoms with van der Waals surface area (Å²) in [5.41, 5.74) is 0. The Morgan fingerprint density at radius 3 is 2.50 bits per heavy atom. The molecular weight excluding hydrogens is 104 g/mol. The molecule has 8 heavy (non-hydrogen) atoms. The highest BCUT2D eigenvalue weighted by atomic mass is 16.3. The average molecular weight is 118 g/mol. The van der Waals surface area contributed by atoms with Gasteiger partial charge in [0, 0.05) is 13.2 Å². The SMILES string of the molecule is CN(C)CNCCO. The van der Waals surface area contributed by atoms with E-state index in [-0.39, 0.29) is 6.61 Å². The topological polar surface area (TPSA) is 35.5 Å². The van der Waals surface area contributed by atoms with Gasteiger partial charge in [0.25, 0.3) is 0 Å². The van der Waals surface area contributed by atoms with Gasteiger partial charge in [0.15, 0.2) is 0 Å². The van der Waals surface area contributed by atoms with E-state index in [1.807, 2.05) is 19.0 Å². The summed E-state index contributed by atoms with van der Waals surface area (Å²) in [6.07, 6.45) is 0. The number of nitrogens with one attached hydrogen (secondary N) is 1. The summed E-state index contributed by atoms with van der Waals surface area (Å²) in [6.45, 7) is 1.73. The summed E-state index contributed by atoms with van der Waals surface area (Å²) in [4.78, 5) is 2.01. The highest BCUT2D eigenvalue weighted by Crippen LogP contribution is 1.64. The van der Waals surface area contributed by atoms with Gasteiger partial charge in [0.05, 0.1) is 6.61 Å². The van der Waals surface area contributed by atoms with Crippen molar-refractivity contribution in [3.63, 3.8) is 0 Å². The molecule has 0 aliphatic carbocycles. The fourth-order valence-electron chi connectivity index (χ4n) is 0.382. The molecule has 0 saturated carbocycles. The third-order valence-electron chi connectivity index (χ3n) is 0.717. The summed E-state index contributed by atoms with van der Waals surface area (Å²) in [5.74, 6) is 0. The van der Waals surface area contributed by atoms with Gasteiger partial charge in [-0.2, -0.15) is 0 Å². The quantitative estimate of drug-likeness (QED) is 0.370. The van der Waals surface area contributed by atoms with Crippen molar-refractivity contribution in [1.29, 1.82) is 0 Å². The zero-order valence-corrected chi connectivity index (χ0v) is 5.52. The van der Waals surface area contributed by atoms with Crippen molar-refractivity contribution in [1.82, 2.24) is 10.2 Å². The first-order valence-corrected chi connectivity index (χ1v) is 2.73. The molecule has 0 aromatic rings. The average Bonchev–Trinajstić information content (AvgIpc) is 1.66. The molecule has 3 heteroatoms. The van der Waals surface area contributed by atoms with Crippen LogP contribution in [0.25, 0.3) is 0 Å². The van der Waals surface area contributed by atoms with Gasteiger partial charge >= 0.3 is 0 Å². The van der Waals surface area contributed by atoms with Crippen LogP contribution in [0.2, 0.25) is 0 Å². The van der Waals surface area contributed by atoms with Gasteiger partial charge < -0.3 is 10.4 Å². The largest absolute Gasteiger partial charge is 0.395 e. The summed E-state index contributed by atoms with van der Waals surface area (Å²) in [5, 5.41) is 11.3. The van der Waals surface area contributed by atoms with Crippen LogP contribution in [0, 0.1) is 0 Å². The molecule has 0 aliphatic rings. The Balaban J connectivity index is 2.72. The Morgan fingerprint density at radius 1 is 1.50 bits per heavy atom. The van der Waals surface area contributed by atoms with Gasteiger partial charge in [-0.1, -0.05) is 0 Å². The predicted octanol–water partition coefficient (Wildman–Crippen LogP) is -0.913. The van der Waals surface area contributed by atoms with Gasteiger partial charge in [-0.05, 0) is 14.1 Å². The molecule has 50 valence electrons. The third kappa shape index (κ3) is 5.88. The minimum Gasteiger partial charge on any atom is -0.395 e. The highest BCUT2D eigenvalue weighted by Gasteiger charge is 1.84. The molecule has 0 aromatic heterocycles. The van der Waals surface area contributed by atoms with Crippen LogP contribution < -0.4 is 5.32 Å². The molecule has 0 aliphatic heterocycles. The highest BCUT2D eigenvalue weighted by molar-refractivity contribution is 4.40. The van der Waals surface area contributed by atoms with E-state index in [0.717, 1.165) is 6.67 Å². The monoisotopic (exact) mass is 118 g/mol. The van der Waals surface area contributed by atoms with Gasteiger partial charge in [0.1, 0.15) is 0 Å². The van der Waals surface area contributed by atoms with Crippen LogP contribution in [-0.2, 0) is 0 Å². The Hall–Kier alpha value is -0.120. The van der Waals surface area contributed by atoms with Crippen LogP contribution in [0.5, 0.6) is 0 Å². The zero-order chi connectivity index (χ0) is 6.41. The summed E-state index contributed by atoms with van der Waals surface area (Å²) in [6, 6.07) is 0. The predicted molar refractivity (Wildman–Crippen MR) is 33.6 cm³/mol. The van der Waals surface area contributed by atoms with Gasteiger partial charge in [0.2, 0.25) is 0 Å². The Kier molecular flexibility index (Phi) is 4.95. The molecule has 3 nitrogen and oxygen atoms in total. The van der Waals surface area contributed by atoms with E-state index in [2.05, 4.69) is 5.32 Å². The fourth-order valence-corrected chi connectivity index (χ4v) is 0.382. The Morgan fingerprint density at radius 2 is 2.12 bits per heavy atom. The molecule has 0 heterocycles.